The second kappa shape index (κ2) is 7.45. The SMILES string of the molecule is CCNc1ccncc1S(=O)(=O)NCCCC(C)C. The first-order valence-corrected chi connectivity index (χ1v) is 8.13. The zero-order chi connectivity index (χ0) is 14.3. The van der Waals surface area contributed by atoms with Crippen LogP contribution in [0.5, 0.6) is 0 Å². The molecule has 0 fully saturated rings. The molecule has 1 aromatic rings. The second-order valence-corrected chi connectivity index (χ2v) is 6.57. The number of anilines is 1. The lowest BCUT2D eigenvalue weighted by Gasteiger charge is -2.12. The fourth-order valence-electron chi connectivity index (χ4n) is 1.73. The minimum absolute atomic E-state index is 0.210. The van der Waals surface area contributed by atoms with Crippen LogP contribution < -0.4 is 10.0 Å². The van der Waals surface area contributed by atoms with Gasteiger partial charge in [-0.25, -0.2) is 13.1 Å². The standard InChI is InChI=1S/C13H23N3O2S/c1-4-15-12-7-9-14-10-13(12)19(17,18)16-8-5-6-11(2)3/h7,9-11,16H,4-6,8H2,1-3H3,(H,14,15). The minimum Gasteiger partial charge on any atom is -0.384 e. The van der Waals surface area contributed by atoms with E-state index < -0.39 is 10.0 Å². The van der Waals surface area contributed by atoms with Crippen molar-refractivity contribution < 1.29 is 8.42 Å². The van der Waals surface area contributed by atoms with Gasteiger partial charge in [-0.05, 0) is 31.7 Å². The molecule has 0 radical (unpaired) electrons. The van der Waals surface area contributed by atoms with E-state index in [1.807, 2.05) is 6.92 Å². The zero-order valence-electron chi connectivity index (χ0n) is 11.8. The first kappa shape index (κ1) is 15.9. The van der Waals surface area contributed by atoms with Crippen molar-refractivity contribution >= 4 is 15.7 Å². The third kappa shape index (κ3) is 5.16. The van der Waals surface area contributed by atoms with Gasteiger partial charge < -0.3 is 5.32 Å². The third-order valence-corrected chi connectivity index (χ3v) is 4.18. The highest BCUT2D eigenvalue weighted by Gasteiger charge is 2.17. The van der Waals surface area contributed by atoms with Gasteiger partial charge in [0.2, 0.25) is 10.0 Å². The van der Waals surface area contributed by atoms with Gasteiger partial charge in [0.1, 0.15) is 4.90 Å². The third-order valence-electron chi connectivity index (χ3n) is 2.69. The summed E-state index contributed by atoms with van der Waals surface area (Å²) in [6.07, 6.45) is 4.81. The van der Waals surface area contributed by atoms with E-state index in [1.165, 1.54) is 6.20 Å². The molecule has 0 bridgehead atoms. The van der Waals surface area contributed by atoms with Crippen LogP contribution in [0.2, 0.25) is 0 Å². The van der Waals surface area contributed by atoms with Crippen molar-refractivity contribution in [2.75, 3.05) is 18.4 Å². The lowest BCUT2D eigenvalue weighted by molar-refractivity contribution is 0.540. The van der Waals surface area contributed by atoms with Crippen molar-refractivity contribution in [1.82, 2.24) is 9.71 Å². The molecule has 0 saturated carbocycles. The van der Waals surface area contributed by atoms with Gasteiger partial charge >= 0.3 is 0 Å². The molecule has 1 aromatic heterocycles. The molecule has 0 spiro atoms. The Hall–Kier alpha value is -1.14. The van der Waals surface area contributed by atoms with Crippen molar-refractivity contribution in [1.29, 1.82) is 0 Å². The molecule has 19 heavy (non-hydrogen) atoms. The fourth-order valence-corrected chi connectivity index (χ4v) is 2.92. The van der Waals surface area contributed by atoms with Crippen LogP contribution >= 0.6 is 0 Å². The Labute approximate surface area is 115 Å². The van der Waals surface area contributed by atoms with Gasteiger partial charge in [-0.3, -0.25) is 4.98 Å². The summed E-state index contributed by atoms with van der Waals surface area (Å²) in [5.41, 5.74) is 0.592. The molecular weight excluding hydrogens is 262 g/mol. The second-order valence-electron chi connectivity index (χ2n) is 4.84. The summed E-state index contributed by atoms with van der Waals surface area (Å²) < 4.78 is 27.0. The molecule has 6 heteroatoms. The van der Waals surface area contributed by atoms with Gasteiger partial charge in [0.15, 0.2) is 0 Å². The van der Waals surface area contributed by atoms with Crippen molar-refractivity contribution in [2.24, 2.45) is 5.92 Å². The van der Waals surface area contributed by atoms with Crippen LogP contribution in [-0.2, 0) is 10.0 Å². The molecule has 108 valence electrons. The Morgan fingerprint density at radius 2 is 2.11 bits per heavy atom. The smallest absolute Gasteiger partial charge is 0.244 e. The highest BCUT2D eigenvalue weighted by molar-refractivity contribution is 7.89. The topological polar surface area (TPSA) is 71.1 Å². The number of sulfonamides is 1. The number of hydrogen-bond acceptors (Lipinski definition) is 4. The van der Waals surface area contributed by atoms with Gasteiger partial charge in [-0.15, -0.1) is 0 Å². The molecule has 0 aliphatic heterocycles. The molecule has 0 atom stereocenters. The lowest BCUT2D eigenvalue weighted by atomic mass is 10.1. The van der Waals surface area contributed by atoms with Gasteiger partial charge in [-0.2, -0.15) is 0 Å². The maximum Gasteiger partial charge on any atom is 0.244 e. The Bertz CT molecular complexity index is 486. The number of nitrogens with one attached hydrogen (secondary N) is 2. The van der Waals surface area contributed by atoms with Crippen molar-refractivity contribution in [3.63, 3.8) is 0 Å². The van der Waals surface area contributed by atoms with Gasteiger partial charge in [0.25, 0.3) is 0 Å². The average Bonchev–Trinajstić information content (AvgIpc) is 2.35. The minimum atomic E-state index is -3.49. The van der Waals surface area contributed by atoms with Crippen LogP contribution in [0.25, 0.3) is 0 Å². The van der Waals surface area contributed by atoms with Crippen LogP contribution in [-0.4, -0.2) is 26.5 Å². The van der Waals surface area contributed by atoms with Crippen molar-refractivity contribution in [2.45, 2.75) is 38.5 Å². The molecule has 1 rings (SSSR count). The van der Waals surface area contributed by atoms with Crippen LogP contribution in [0.1, 0.15) is 33.6 Å². The van der Waals surface area contributed by atoms with E-state index in [2.05, 4.69) is 28.9 Å². The first-order valence-electron chi connectivity index (χ1n) is 6.65. The van der Waals surface area contributed by atoms with E-state index in [9.17, 15) is 8.42 Å². The van der Waals surface area contributed by atoms with Crippen molar-refractivity contribution in [3.05, 3.63) is 18.5 Å². The predicted octanol–water partition coefficient (Wildman–Crippen LogP) is 2.23. The highest BCUT2D eigenvalue weighted by atomic mass is 32.2. The van der Waals surface area contributed by atoms with E-state index in [0.29, 0.717) is 24.7 Å². The van der Waals surface area contributed by atoms with Crippen LogP contribution in [0.4, 0.5) is 5.69 Å². The van der Waals surface area contributed by atoms with Crippen LogP contribution in [0.3, 0.4) is 0 Å². The van der Waals surface area contributed by atoms with Gasteiger partial charge in [0, 0.05) is 25.5 Å². The summed E-state index contributed by atoms with van der Waals surface area (Å²) in [5.74, 6) is 0.584. The summed E-state index contributed by atoms with van der Waals surface area (Å²) in [4.78, 5) is 4.10. The summed E-state index contributed by atoms with van der Waals surface area (Å²) in [6, 6.07) is 1.67. The molecule has 0 unspecified atom stereocenters. The van der Waals surface area contributed by atoms with Crippen molar-refractivity contribution in [3.8, 4) is 0 Å². The average molecular weight is 285 g/mol. The lowest BCUT2D eigenvalue weighted by Crippen LogP contribution is -2.26. The van der Waals surface area contributed by atoms with E-state index in [1.54, 1.807) is 12.3 Å². The number of nitrogens with zero attached hydrogens (tertiary/aromatic N) is 1. The molecule has 0 aliphatic rings. The largest absolute Gasteiger partial charge is 0.384 e. The zero-order valence-corrected chi connectivity index (χ0v) is 12.6. The number of rotatable bonds is 8. The highest BCUT2D eigenvalue weighted by Crippen LogP contribution is 2.19. The van der Waals surface area contributed by atoms with E-state index >= 15 is 0 Å². The normalized spacial score (nSPS) is 11.8. The van der Waals surface area contributed by atoms with Gasteiger partial charge in [0.05, 0.1) is 5.69 Å². The molecule has 1 heterocycles. The Morgan fingerprint density at radius 3 is 2.74 bits per heavy atom. The summed E-state index contributed by atoms with van der Waals surface area (Å²) >= 11 is 0. The fraction of sp³-hybridized carbons (Fsp3) is 0.615. The van der Waals surface area contributed by atoms with E-state index in [-0.39, 0.29) is 4.90 Å². The molecule has 0 saturated heterocycles. The Balaban J connectivity index is 2.71. The summed E-state index contributed by atoms with van der Waals surface area (Å²) in [7, 11) is -3.49. The quantitative estimate of drug-likeness (QED) is 0.719. The number of pyridine rings is 1. The first-order chi connectivity index (χ1) is 8.97. The van der Waals surface area contributed by atoms with Crippen LogP contribution in [0, 0.1) is 5.92 Å². The Morgan fingerprint density at radius 1 is 1.37 bits per heavy atom. The molecule has 0 aromatic carbocycles. The Kier molecular flexibility index (Phi) is 6.24. The summed E-state index contributed by atoms with van der Waals surface area (Å²) in [5, 5.41) is 3.03. The van der Waals surface area contributed by atoms with E-state index in [4.69, 9.17) is 0 Å². The summed E-state index contributed by atoms with van der Waals surface area (Å²) in [6.45, 7) is 7.30. The van der Waals surface area contributed by atoms with Crippen LogP contribution in [0.15, 0.2) is 23.4 Å². The monoisotopic (exact) mass is 285 g/mol. The van der Waals surface area contributed by atoms with E-state index in [0.717, 1.165) is 12.8 Å². The maximum atomic E-state index is 12.2. The molecule has 0 amide bonds. The molecule has 0 aliphatic carbocycles. The van der Waals surface area contributed by atoms with Gasteiger partial charge in [-0.1, -0.05) is 13.8 Å². The number of aromatic nitrogens is 1. The number of hydrogen-bond donors (Lipinski definition) is 2. The molecule has 2 N–H and O–H groups in total. The molecular formula is C13H23N3O2S. The molecule has 5 nitrogen and oxygen atoms in total. The predicted molar refractivity (Wildman–Crippen MR) is 77.7 cm³/mol. The maximum absolute atomic E-state index is 12.2.